The fraction of sp³-hybridized carbons (Fsp3) is 0.222. The SMILES string of the molecule is O=C(Nc1cccc(Cn2cnc3ccccc32)c1)[C@H]1C[C@H]1[N+](=O)[O-]. The van der Waals surface area contributed by atoms with Gasteiger partial charge in [0.1, 0.15) is 5.92 Å². The highest BCUT2D eigenvalue weighted by Gasteiger charge is 2.53. The van der Waals surface area contributed by atoms with Crippen LogP contribution < -0.4 is 5.32 Å². The average molecular weight is 336 g/mol. The molecule has 0 spiro atoms. The normalized spacial score (nSPS) is 18.9. The third-order valence-corrected chi connectivity index (χ3v) is 4.44. The van der Waals surface area contributed by atoms with Gasteiger partial charge < -0.3 is 9.88 Å². The summed E-state index contributed by atoms with van der Waals surface area (Å²) in [6, 6.07) is 14.7. The number of amides is 1. The summed E-state index contributed by atoms with van der Waals surface area (Å²) in [5.74, 6) is -0.803. The van der Waals surface area contributed by atoms with Crippen LogP contribution in [0.2, 0.25) is 0 Å². The number of anilines is 1. The van der Waals surface area contributed by atoms with Crippen molar-refractivity contribution in [1.82, 2.24) is 9.55 Å². The van der Waals surface area contributed by atoms with Crippen molar-refractivity contribution in [2.45, 2.75) is 19.0 Å². The molecule has 0 bridgehead atoms. The van der Waals surface area contributed by atoms with E-state index in [-0.39, 0.29) is 10.8 Å². The van der Waals surface area contributed by atoms with E-state index in [9.17, 15) is 14.9 Å². The van der Waals surface area contributed by atoms with Crippen molar-refractivity contribution in [2.24, 2.45) is 5.92 Å². The molecule has 1 amide bonds. The molecule has 0 aliphatic heterocycles. The second kappa shape index (κ2) is 6.01. The topological polar surface area (TPSA) is 90.1 Å². The number of rotatable bonds is 5. The molecule has 1 aliphatic rings. The summed E-state index contributed by atoms with van der Waals surface area (Å²) in [6.45, 7) is 0.630. The minimum Gasteiger partial charge on any atom is -0.326 e. The van der Waals surface area contributed by atoms with E-state index in [0.717, 1.165) is 16.6 Å². The minimum atomic E-state index is -0.736. The molecule has 1 aromatic heterocycles. The van der Waals surface area contributed by atoms with Crippen LogP contribution in [-0.4, -0.2) is 26.4 Å². The molecule has 0 saturated heterocycles. The zero-order valence-electron chi connectivity index (χ0n) is 13.3. The Bertz CT molecular complexity index is 966. The zero-order chi connectivity index (χ0) is 17.4. The Labute approximate surface area is 143 Å². The van der Waals surface area contributed by atoms with Gasteiger partial charge in [-0.05, 0) is 29.8 Å². The standard InChI is InChI=1S/C18H16N4O3/c23-18(14-9-17(14)22(24)25)20-13-5-3-4-12(8-13)10-21-11-19-15-6-1-2-7-16(15)21/h1-8,11,14,17H,9-10H2,(H,20,23)/t14-,17+/m0/s1. The Morgan fingerprint density at radius 3 is 2.92 bits per heavy atom. The number of carbonyl (C=O) groups is 1. The maximum atomic E-state index is 12.1. The summed E-state index contributed by atoms with van der Waals surface area (Å²) in [7, 11) is 0. The van der Waals surface area contributed by atoms with Gasteiger partial charge in [0.25, 0.3) is 0 Å². The molecule has 1 saturated carbocycles. The number of imidazole rings is 1. The molecule has 7 heteroatoms. The van der Waals surface area contributed by atoms with E-state index < -0.39 is 12.0 Å². The number of fused-ring (bicyclic) bond motifs is 1. The van der Waals surface area contributed by atoms with Crippen molar-refractivity contribution in [1.29, 1.82) is 0 Å². The van der Waals surface area contributed by atoms with Crippen LogP contribution in [0.15, 0.2) is 54.9 Å². The van der Waals surface area contributed by atoms with Gasteiger partial charge in [-0.3, -0.25) is 14.9 Å². The fourth-order valence-electron chi connectivity index (χ4n) is 3.01. The van der Waals surface area contributed by atoms with Crippen LogP contribution >= 0.6 is 0 Å². The van der Waals surface area contributed by atoms with Gasteiger partial charge in [0.05, 0.1) is 17.4 Å². The fourth-order valence-corrected chi connectivity index (χ4v) is 3.01. The lowest BCUT2D eigenvalue weighted by Gasteiger charge is -2.08. The first kappa shape index (κ1) is 15.3. The van der Waals surface area contributed by atoms with Crippen molar-refractivity contribution in [3.05, 3.63) is 70.5 Å². The second-order valence-electron chi connectivity index (χ2n) is 6.25. The van der Waals surface area contributed by atoms with E-state index in [1.54, 1.807) is 12.4 Å². The molecule has 0 unspecified atom stereocenters. The first-order chi connectivity index (χ1) is 12.1. The predicted molar refractivity (Wildman–Crippen MR) is 92.8 cm³/mol. The van der Waals surface area contributed by atoms with Gasteiger partial charge in [0, 0.05) is 23.6 Å². The lowest BCUT2D eigenvalue weighted by Crippen LogP contribution is -2.18. The molecule has 25 heavy (non-hydrogen) atoms. The Morgan fingerprint density at radius 1 is 1.28 bits per heavy atom. The Hall–Kier alpha value is -3.22. The van der Waals surface area contributed by atoms with Crippen LogP contribution in [0.3, 0.4) is 0 Å². The Kier molecular flexibility index (Phi) is 3.68. The summed E-state index contributed by atoms with van der Waals surface area (Å²) in [4.78, 5) is 26.7. The summed E-state index contributed by atoms with van der Waals surface area (Å²) >= 11 is 0. The van der Waals surface area contributed by atoms with E-state index in [0.29, 0.717) is 18.7 Å². The Morgan fingerprint density at radius 2 is 2.12 bits per heavy atom. The van der Waals surface area contributed by atoms with Crippen LogP contribution in [0.5, 0.6) is 0 Å². The Balaban J connectivity index is 1.48. The van der Waals surface area contributed by atoms with Crippen LogP contribution in [0.4, 0.5) is 5.69 Å². The van der Waals surface area contributed by atoms with E-state index >= 15 is 0 Å². The zero-order valence-corrected chi connectivity index (χ0v) is 13.3. The first-order valence-electron chi connectivity index (χ1n) is 8.05. The minimum absolute atomic E-state index is 0.285. The molecule has 0 radical (unpaired) electrons. The third-order valence-electron chi connectivity index (χ3n) is 4.44. The first-order valence-corrected chi connectivity index (χ1v) is 8.05. The van der Waals surface area contributed by atoms with Gasteiger partial charge in [0.2, 0.25) is 11.9 Å². The number of benzene rings is 2. The highest BCUT2D eigenvalue weighted by atomic mass is 16.6. The molecule has 2 atom stereocenters. The largest absolute Gasteiger partial charge is 0.326 e. The lowest BCUT2D eigenvalue weighted by molar-refractivity contribution is -0.497. The number of hydrogen-bond donors (Lipinski definition) is 1. The maximum Gasteiger partial charge on any atom is 0.234 e. The number of carbonyl (C=O) groups excluding carboxylic acids is 1. The van der Waals surface area contributed by atoms with Crippen molar-refractivity contribution >= 4 is 22.6 Å². The molecule has 126 valence electrons. The van der Waals surface area contributed by atoms with Gasteiger partial charge >= 0.3 is 0 Å². The predicted octanol–water partition coefficient (Wildman–Crippen LogP) is 2.69. The highest BCUT2D eigenvalue weighted by molar-refractivity contribution is 5.94. The second-order valence-corrected chi connectivity index (χ2v) is 6.25. The van der Waals surface area contributed by atoms with E-state index in [4.69, 9.17) is 0 Å². The van der Waals surface area contributed by atoms with E-state index in [1.165, 1.54) is 0 Å². The quantitative estimate of drug-likeness (QED) is 0.573. The molecule has 7 nitrogen and oxygen atoms in total. The number of para-hydroxylation sites is 2. The van der Waals surface area contributed by atoms with E-state index in [1.807, 2.05) is 47.0 Å². The van der Waals surface area contributed by atoms with Crippen LogP contribution in [0.1, 0.15) is 12.0 Å². The monoisotopic (exact) mass is 336 g/mol. The van der Waals surface area contributed by atoms with Gasteiger partial charge in [-0.25, -0.2) is 4.98 Å². The summed E-state index contributed by atoms with van der Waals surface area (Å²) in [6.07, 6.45) is 2.11. The molecular formula is C18H16N4O3. The van der Waals surface area contributed by atoms with Crippen molar-refractivity contribution < 1.29 is 9.72 Å². The van der Waals surface area contributed by atoms with Gasteiger partial charge in [-0.1, -0.05) is 24.3 Å². The highest BCUT2D eigenvalue weighted by Crippen LogP contribution is 2.34. The summed E-state index contributed by atoms with van der Waals surface area (Å²) < 4.78 is 2.04. The van der Waals surface area contributed by atoms with Crippen molar-refractivity contribution in [3.8, 4) is 0 Å². The number of aromatic nitrogens is 2. The van der Waals surface area contributed by atoms with E-state index in [2.05, 4.69) is 10.3 Å². The molecule has 4 rings (SSSR count). The van der Waals surface area contributed by atoms with Crippen LogP contribution in [0, 0.1) is 16.0 Å². The maximum absolute atomic E-state index is 12.1. The summed E-state index contributed by atoms with van der Waals surface area (Å²) in [5.41, 5.74) is 3.65. The number of hydrogen-bond acceptors (Lipinski definition) is 4. The molecule has 1 heterocycles. The number of nitrogens with zero attached hydrogens (tertiary/aromatic N) is 3. The third kappa shape index (κ3) is 3.08. The summed E-state index contributed by atoms with van der Waals surface area (Å²) in [5, 5.41) is 13.5. The van der Waals surface area contributed by atoms with Crippen LogP contribution in [-0.2, 0) is 11.3 Å². The molecule has 1 N–H and O–H groups in total. The van der Waals surface area contributed by atoms with Gasteiger partial charge in [-0.2, -0.15) is 0 Å². The van der Waals surface area contributed by atoms with Gasteiger partial charge in [0.15, 0.2) is 0 Å². The molecular weight excluding hydrogens is 320 g/mol. The molecule has 1 fully saturated rings. The lowest BCUT2D eigenvalue weighted by atomic mass is 10.2. The number of nitro groups is 1. The number of nitrogens with one attached hydrogen (secondary N) is 1. The van der Waals surface area contributed by atoms with Crippen molar-refractivity contribution in [2.75, 3.05) is 5.32 Å². The average Bonchev–Trinajstić information content (AvgIpc) is 3.32. The molecule has 3 aromatic rings. The molecule has 2 aromatic carbocycles. The van der Waals surface area contributed by atoms with Gasteiger partial charge in [-0.15, -0.1) is 0 Å². The van der Waals surface area contributed by atoms with Crippen molar-refractivity contribution in [3.63, 3.8) is 0 Å². The molecule has 1 aliphatic carbocycles. The smallest absolute Gasteiger partial charge is 0.234 e. The van der Waals surface area contributed by atoms with Crippen LogP contribution in [0.25, 0.3) is 11.0 Å².